The first kappa shape index (κ1) is 16.6. The van der Waals surface area contributed by atoms with Crippen LogP contribution in [-0.4, -0.2) is 43.7 Å². The molecule has 21 heavy (non-hydrogen) atoms. The number of nitrogens with one attached hydrogen (secondary N) is 1. The minimum Gasteiger partial charge on any atom is -0.455 e. The highest BCUT2D eigenvalue weighted by Gasteiger charge is 2.16. The minimum absolute atomic E-state index is 0.154. The van der Waals surface area contributed by atoms with Crippen molar-refractivity contribution in [1.29, 1.82) is 0 Å². The van der Waals surface area contributed by atoms with Crippen molar-refractivity contribution >= 4 is 17.6 Å². The van der Waals surface area contributed by atoms with Gasteiger partial charge in [0.25, 0.3) is 11.6 Å². The number of carbonyl (C=O) groups is 2. The Hall–Kier alpha value is -2.48. The second-order valence-electron chi connectivity index (χ2n) is 4.07. The van der Waals surface area contributed by atoms with Gasteiger partial charge in [-0.2, -0.15) is 0 Å². The fraction of sp³-hybridized carbons (Fsp3) is 0.385. The van der Waals surface area contributed by atoms with Crippen LogP contribution >= 0.6 is 0 Å². The number of ether oxygens (including phenoxy) is 2. The maximum atomic E-state index is 11.6. The summed E-state index contributed by atoms with van der Waals surface area (Å²) in [5.74, 6) is -1.16. The fourth-order valence-corrected chi connectivity index (χ4v) is 1.53. The Labute approximate surface area is 121 Å². The van der Waals surface area contributed by atoms with E-state index < -0.39 is 23.4 Å². The topological polar surface area (TPSA) is 108 Å². The molecule has 8 heteroatoms. The molecule has 1 aromatic rings. The first-order valence-electron chi connectivity index (χ1n) is 6.18. The Morgan fingerprint density at radius 2 is 2.05 bits per heavy atom. The van der Waals surface area contributed by atoms with E-state index in [-0.39, 0.29) is 17.7 Å². The molecule has 0 aliphatic carbocycles. The Balaban J connectivity index is 2.44. The summed E-state index contributed by atoms with van der Waals surface area (Å²) in [5, 5.41) is 13.3. The summed E-state index contributed by atoms with van der Waals surface area (Å²) in [6, 6.07) is 5.88. The van der Waals surface area contributed by atoms with Crippen molar-refractivity contribution in [3.8, 4) is 0 Å². The van der Waals surface area contributed by atoms with Gasteiger partial charge in [0.1, 0.15) is 0 Å². The van der Waals surface area contributed by atoms with Crippen LogP contribution in [0.25, 0.3) is 0 Å². The highest BCUT2D eigenvalue weighted by atomic mass is 16.6. The molecule has 1 amide bonds. The van der Waals surface area contributed by atoms with Crippen molar-refractivity contribution in [2.24, 2.45) is 0 Å². The van der Waals surface area contributed by atoms with Gasteiger partial charge in [0.15, 0.2) is 6.61 Å². The molecule has 0 saturated heterocycles. The molecule has 0 fully saturated rings. The number of benzene rings is 1. The summed E-state index contributed by atoms with van der Waals surface area (Å²) < 4.78 is 9.50. The van der Waals surface area contributed by atoms with Gasteiger partial charge in [-0.25, -0.2) is 0 Å². The Morgan fingerprint density at radius 3 is 2.71 bits per heavy atom. The zero-order chi connectivity index (χ0) is 15.7. The molecule has 0 spiro atoms. The predicted octanol–water partition coefficient (Wildman–Crippen LogP) is 0.443. The lowest BCUT2D eigenvalue weighted by Crippen LogP contribution is -2.31. The number of methoxy groups -OCH3 is 1. The average molecular weight is 296 g/mol. The van der Waals surface area contributed by atoms with Crippen molar-refractivity contribution in [1.82, 2.24) is 5.32 Å². The molecule has 0 saturated carbocycles. The molecular weight excluding hydrogens is 280 g/mol. The number of para-hydroxylation sites is 1. The molecule has 8 nitrogen and oxygen atoms in total. The molecule has 0 bridgehead atoms. The van der Waals surface area contributed by atoms with Crippen LogP contribution in [0.4, 0.5) is 5.69 Å². The molecule has 114 valence electrons. The van der Waals surface area contributed by atoms with E-state index in [1.807, 2.05) is 0 Å². The van der Waals surface area contributed by atoms with Crippen molar-refractivity contribution in [2.45, 2.75) is 6.42 Å². The number of hydrogen-bond donors (Lipinski definition) is 1. The molecule has 0 atom stereocenters. The number of hydrogen-bond acceptors (Lipinski definition) is 6. The zero-order valence-corrected chi connectivity index (χ0v) is 11.5. The summed E-state index contributed by atoms with van der Waals surface area (Å²) in [7, 11) is 1.50. The number of amides is 1. The number of nitrogens with zero attached hydrogens (tertiary/aromatic N) is 1. The van der Waals surface area contributed by atoms with Crippen molar-refractivity contribution in [3.05, 3.63) is 39.9 Å². The van der Waals surface area contributed by atoms with E-state index in [2.05, 4.69) is 5.32 Å². The molecule has 1 rings (SSSR count). The number of rotatable bonds is 8. The lowest BCUT2D eigenvalue weighted by molar-refractivity contribution is -0.385. The quantitative estimate of drug-likeness (QED) is 0.323. The number of nitro groups is 1. The summed E-state index contributed by atoms with van der Waals surface area (Å²) in [4.78, 5) is 33.1. The molecule has 0 aliphatic heterocycles. The third-order valence-corrected chi connectivity index (χ3v) is 2.52. The van der Waals surface area contributed by atoms with Crippen molar-refractivity contribution in [2.75, 3.05) is 26.9 Å². The molecule has 0 heterocycles. The van der Waals surface area contributed by atoms with Gasteiger partial charge in [-0.05, 0) is 0 Å². The first-order valence-corrected chi connectivity index (χ1v) is 6.18. The van der Waals surface area contributed by atoms with Gasteiger partial charge < -0.3 is 14.8 Å². The van der Waals surface area contributed by atoms with Gasteiger partial charge in [0.05, 0.1) is 18.0 Å². The van der Waals surface area contributed by atoms with Crippen LogP contribution in [-0.2, 0) is 25.5 Å². The fourth-order valence-electron chi connectivity index (χ4n) is 1.53. The van der Waals surface area contributed by atoms with E-state index >= 15 is 0 Å². The third-order valence-electron chi connectivity index (χ3n) is 2.52. The van der Waals surface area contributed by atoms with Crippen molar-refractivity contribution < 1.29 is 24.0 Å². The van der Waals surface area contributed by atoms with E-state index in [1.54, 1.807) is 6.07 Å². The van der Waals surface area contributed by atoms with Gasteiger partial charge in [0, 0.05) is 25.3 Å². The van der Waals surface area contributed by atoms with Gasteiger partial charge in [-0.15, -0.1) is 0 Å². The Bertz CT molecular complexity index is 517. The second-order valence-corrected chi connectivity index (χ2v) is 4.07. The maximum absolute atomic E-state index is 11.6. The summed E-state index contributed by atoms with van der Waals surface area (Å²) in [5.41, 5.74) is 0.0892. The van der Waals surface area contributed by atoms with Crippen LogP contribution in [0.5, 0.6) is 0 Å². The second kappa shape index (κ2) is 8.64. The molecule has 0 aliphatic rings. The molecule has 1 N–H and O–H groups in total. The van der Waals surface area contributed by atoms with Crippen LogP contribution in [0.1, 0.15) is 5.56 Å². The number of carbonyl (C=O) groups excluding carboxylic acids is 2. The molecular formula is C13H16N2O6. The molecule has 0 aromatic heterocycles. The van der Waals surface area contributed by atoms with Crippen molar-refractivity contribution in [3.63, 3.8) is 0 Å². The van der Waals surface area contributed by atoms with E-state index in [1.165, 1.54) is 25.3 Å². The minimum atomic E-state index is -0.703. The zero-order valence-electron chi connectivity index (χ0n) is 11.5. The van der Waals surface area contributed by atoms with Crippen LogP contribution in [0.3, 0.4) is 0 Å². The smallest absolute Gasteiger partial charge is 0.311 e. The maximum Gasteiger partial charge on any atom is 0.311 e. The largest absolute Gasteiger partial charge is 0.455 e. The van der Waals surface area contributed by atoms with E-state index in [4.69, 9.17) is 9.47 Å². The first-order chi connectivity index (χ1) is 10.0. The SMILES string of the molecule is COCCNC(=O)COC(=O)Cc1ccccc1[N+](=O)[O-]. The van der Waals surface area contributed by atoms with Crippen LogP contribution < -0.4 is 5.32 Å². The number of nitro benzene ring substituents is 1. The van der Waals surface area contributed by atoms with Gasteiger partial charge >= 0.3 is 5.97 Å². The highest BCUT2D eigenvalue weighted by Crippen LogP contribution is 2.18. The van der Waals surface area contributed by atoms with Gasteiger partial charge in [-0.3, -0.25) is 19.7 Å². The van der Waals surface area contributed by atoms with E-state index in [0.717, 1.165) is 0 Å². The average Bonchev–Trinajstić information content (AvgIpc) is 2.46. The molecule has 0 radical (unpaired) electrons. The molecule has 0 unspecified atom stereocenters. The Kier molecular flexibility index (Phi) is 6.82. The van der Waals surface area contributed by atoms with Gasteiger partial charge in [-0.1, -0.05) is 18.2 Å². The standard InChI is InChI=1S/C13H16N2O6/c1-20-7-6-14-12(16)9-21-13(17)8-10-4-2-3-5-11(10)15(18)19/h2-5H,6-9H2,1H3,(H,14,16). The Morgan fingerprint density at radius 1 is 1.33 bits per heavy atom. The summed E-state index contributed by atoms with van der Waals surface area (Å²) in [6.07, 6.45) is -0.261. The molecule has 1 aromatic carbocycles. The number of esters is 1. The van der Waals surface area contributed by atoms with Gasteiger partial charge in [0.2, 0.25) is 0 Å². The highest BCUT2D eigenvalue weighted by molar-refractivity contribution is 5.81. The predicted molar refractivity (Wildman–Crippen MR) is 72.6 cm³/mol. The van der Waals surface area contributed by atoms with Crippen LogP contribution in [0, 0.1) is 10.1 Å². The lowest BCUT2D eigenvalue weighted by atomic mass is 10.1. The van der Waals surface area contributed by atoms with E-state index in [9.17, 15) is 19.7 Å². The summed E-state index contributed by atoms with van der Waals surface area (Å²) >= 11 is 0. The normalized spacial score (nSPS) is 9.95. The van der Waals surface area contributed by atoms with Crippen LogP contribution in [0.2, 0.25) is 0 Å². The lowest BCUT2D eigenvalue weighted by Gasteiger charge is -2.06. The van der Waals surface area contributed by atoms with Crippen LogP contribution in [0.15, 0.2) is 24.3 Å². The van der Waals surface area contributed by atoms with E-state index in [0.29, 0.717) is 13.2 Å². The third kappa shape index (κ3) is 6.00. The summed E-state index contributed by atoms with van der Waals surface area (Å²) in [6.45, 7) is 0.246. The monoisotopic (exact) mass is 296 g/mol.